The third kappa shape index (κ3) is 3.86. The number of carboxylic acids is 1. The molecule has 1 aliphatic rings. The molecule has 122 valence electrons. The molecule has 1 fully saturated rings. The summed E-state index contributed by atoms with van der Waals surface area (Å²) in [5, 5.41) is 19.6. The molecule has 0 bridgehead atoms. The summed E-state index contributed by atoms with van der Waals surface area (Å²) in [6.45, 7) is 5.32. The van der Waals surface area contributed by atoms with Crippen LogP contribution in [0.3, 0.4) is 0 Å². The number of aliphatic hydroxyl groups is 1. The van der Waals surface area contributed by atoms with Crippen molar-refractivity contribution in [2.75, 3.05) is 0 Å². The van der Waals surface area contributed by atoms with E-state index in [1.165, 1.54) is 6.92 Å². The molecule has 1 saturated carbocycles. The largest absolute Gasteiger partial charge is 0.506 e. The molecule has 5 nitrogen and oxygen atoms in total. The van der Waals surface area contributed by atoms with Gasteiger partial charge in [0.1, 0.15) is 11.8 Å². The van der Waals surface area contributed by atoms with Gasteiger partial charge >= 0.3 is 5.97 Å². The summed E-state index contributed by atoms with van der Waals surface area (Å²) in [7, 11) is 0. The van der Waals surface area contributed by atoms with E-state index in [9.17, 15) is 14.7 Å². The highest BCUT2D eigenvalue weighted by molar-refractivity contribution is 6.28. The zero-order valence-corrected chi connectivity index (χ0v) is 13.5. The summed E-state index contributed by atoms with van der Waals surface area (Å²) in [4.78, 5) is 27.8. The molecule has 0 aromatic heterocycles. The standard InChI is InChI=1S/C18H21NO4/c1-11(17(22)23)19-13-9-18(2,3)10-14(20)15(13)16(21)12-7-5-4-6-8-12/h4-8,11,21H,9-10H2,1-3H3,(H,22,23)/b16-15+,19-13?. The molecule has 0 amide bonds. The molecule has 1 aromatic carbocycles. The highest BCUT2D eigenvalue weighted by Crippen LogP contribution is 2.36. The van der Waals surface area contributed by atoms with Gasteiger partial charge in [-0.25, -0.2) is 4.79 Å². The van der Waals surface area contributed by atoms with Crippen molar-refractivity contribution < 1.29 is 19.8 Å². The quantitative estimate of drug-likeness (QED) is 0.662. The number of Topliss-reactive ketones (excluding diaryl/α,β-unsaturated/α-hetero) is 1. The minimum absolute atomic E-state index is 0.137. The summed E-state index contributed by atoms with van der Waals surface area (Å²) in [6.07, 6.45) is 0.738. The number of carbonyl (C=O) groups is 2. The zero-order valence-electron chi connectivity index (χ0n) is 13.5. The van der Waals surface area contributed by atoms with E-state index < -0.39 is 12.0 Å². The second-order valence-corrected chi connectivity index (χ2v) is 6.62. The van der Waals surface area contributed by atoms with Crippen molar-refractivity contribution in [2.24, 2.45) is 10.4 Å². The predicted octanol–water partition coefficient (Wildman–Crippen LogP) is 3.26. The number of benzene rings is 1. The van der Waals surface area contributed by atoms with E-state index in [1.54, 1.807) is 24.3 Å². The van der Waals surface area contributed by atoms with Crippen molar-refractivity contribution in [2.45, 2.75) is 39.7 Å². The number of carbonyl (C=O) groups excluding carboxylic acids is 1. The number of nitrogens with zero attached hydrogens (tertiary/aromatic N) is 1. The molecule has 2 rings (SSSR count). The summed E-state index contributed by atoms with van der Waals surface area (Å²) < 4.78 is 0. The van der Waals surface area contributed by atoms with E-state index in [0.717, 1.165) is 0 Å². The molecule has 23 heavy (non-hydrogen) atoms. The molecular weight excluding hydrogens is 294 g/mol. The Hall–Kier alpha value is -2.43. The Kier molecular flexibility index (Phi) is 4.68. The number of allylic oxidation sites excluding steroid dienone is 1. The van der Waals surface area contributed by atoms with Gasteiger partial charge in [-0.15, -0.1) is 0 Å². The van der Waals surface area contributed by atoms with Crippen LogP contribution in [0.1, 0.15) is 39.2 Å². The summed E-state index contributed by atoms with van der Waals surface area (Å²) in [6, 6.07) is 7.78. The van der Waals surface area contributed by atoms with E-state index in [4.69, 9.17) is 5.11 Å². The number of hydrogen-bond donors (Lipinski definition) is 2. The first-order chi connectivity index (χ1) is 10.7. The van der Waals surface area contributed by atoms with Crippen LogP contribution in [0.25, 0.3) is 5.76 Å². The molecule has 0 saturated heterocycles. The Morgan fingerprint density at radius 2 is 1.78 bits per heavy atom. The Morgan fingerprint density at radius 3 is 2.35 bits per heavy atom. The van der Waals surface area contributed by atoms with Crippen LogP contribution in [-0.4, -0.2) is 33.7 Å². The van der Waals surface area contributed by atoms with Crippen molar-refractivity contribution >= 4 is 23.2 Å². The molecule has 0 spiro atoms. The van der Waals surface area contributed by atoms with Crippen LogP contribution in [-0.2, 0) is 9.59 Å². The molecule has 1 aromatic rings. The number of hydrogen-bond acceptors (Lipinski definition) is 4. The minimum Gasteiger partial charge on any atom is -0.506 e. The second kappa shape index (κ2) is 6.36. The Balaban J connectivity index is 2.57. The highest BCUT2D eigenvalue weighted by Gasteiger charge is 2.37. The first-order valence-electron chi connectivity index (χ1n) is 7.53. The van der Waals surface area contributed by atoms with E-state index in [2.05, 4.69) is 4.99 Å². The van der Waals surface area contributed by atoms with E-state index >= 15 is 0 Å². The minimum atomic E-state index is -1.06. The third-order valence-corrected chi connectivity index (χ3v) is 3.84. The van der Waals surface area contributed by atoms with Crippen LogP contribution >= 0.6 is 0 Å². The Morgan fingerprint density at radius 1 is 1.17 bits per heavy atom. The predicted molar refractivity (Wildman–Crippen MR) is 88.5 cm³/mol. The van der Waals surface area contributed by atoms with E-state index in [-0.39, 0.29) is 22.5 Å². The fraction of sp³-hybridized carbons (Fsp3) is 0.389. The molecule has 1 aliphatic carbocycles. The SMILES string of the molecule is CC(N=C1CC(C)(C)CC(=O)/C1=C(/O)c1ccccc1)C(=O)O. The molecular formula is C18H21NO4. The molecule has 2 N–H and O–H groups in total. The lowest BCUT2D eigenvalue weighted by atomic mass is 9.73. The number of aliphatic hydroxyl groups excluding tert-OH is 1. The maximum absolute atomic E-state index is 12.5. The first-order valence-corrected chi connectivity index (χ1v) is 7.53. The van der Waals surface area contributed by atoms with Gasteiger partial charge in [0, 0.05) is 12.0 Å². The van der Waals surface area contributed by atoms with Gasteiger partial charge in [-0.05, 0) is 18.8 Å². The maximum atomic E-state index is 12.5. The number of carboxylic acid groups (broad SMARTS) is 1. The number of ketones is 1. The van der Waals surface area contributed by atoms with Crippen molar-refractivity contribution in [1.29, 1.82) is 0 Å². The Labute approximate surface area is 135 Å². The van der Waals surface area contributed by atoms with Crippen LogP contribution < -0.4 is 0 Å². The topological polar surface area (TPSA) is 87.0 Å². The van der Waals surface area contributed by atoms with Gasteiger partial charge in [-0.2, -0.15) is 0 Å². The van der Waals surface area contributed by atoms with Gasteiger partial charge in [0.15, 0.2) is 5.78 Å². The number of aliphatic imine (C=N–C) groups is 1. The van der Waals surface area contributed by atoms with Gasteiger partial charge < -0.3 is 10.2 Å². The summed E-state index contributed by atoms with van der Waals surface area (Å²) >= 11 is 0. The third-order valence-electron chi connectivity index (χ3n) is 3.84. The van der Waals surface area contributed by atoms with Gasteiger partial charge in [-0.3, -0.25) is 9.79 Å². The first kappa shape index (κ1) is 16.9. The lowest BCUT2D eigenvalue weighted by molar-refractivity contribution is -0.138. The number of rotatable bonds is 3. The highest BCUT2D eigenvalue weighted by atomic mass is 16.4. The fourth-order valence-electron chi connectivity index (χ4n) is 2.70. The van der Waals surface area contributed by atoms with Crippen LogP contribution in [0.15, 0.2) is 40.9 Å². The van der Waals surface area contributed by atoms with Crippen LogP contribution in [0, 0.1) is 5.41 Å². The number of aliphatic carboxylic acids is 1. The van der Waals surface area contributed by atoms with Crippen molar-refractivity contribution in [3.05, 3.63) is 41.5 Å². The normalized spacial score (nSPS) is 22.7. The fourth-order valence-corrected chi connectivity index (χ4v) is 2.70. The smallest absolute Gasteiger partial charge is 0.328 e. The molecule has 0 radical (unpaired) electrons. The summed E-state index contributed by atoms with van der Waals surface area (Å²) in [5.41, 5.74) is 0.714. The Bertz CT molecular complexity index is 686. The second-order valence-electron chi connectivity index (χ2n) is 6.62. The van der Waals surface area contributed by atoms with Crippen molar-refractivity contribution in [1.82, 2.24) is 0 Å². The molecule has 5 heteroatoms. The summed E-state index contributed by atoms with van der Waals surface area (Å²) in [5.74, 6) is -1.41. The monoisotopic (exact) mass is 315 g/mol. The average molecular weight is 315 g/mol. The van der Waals surface area contributed by atoms with Crippen LogP contribution in [0.2, 0.25) is 0 Å². The average Bonchev–Trinajstić information content (AvgIpc) is 2.46. The van der Waals surface area contributed by atoms with Crippen molar-refractivity contribution in [3.8, 4) is 0 Å². The lowest BCUT2D eigenvalue weighted by Crippen LogP contribution is -2.33. The molecule has 0 aliphatic heterocycles. The zero-order chi connectivity index (χ0) is 17.2. The van der Waals surface area contributed by atoms with E-state index in [1.807, 2.05) is 19.9 Å². The van der Waals surface area contributed by atoms with Gasteiger partial charge in [0.05, 0.1) is 11.3 Å². The maximum Gasteiger partial charge on any atom is 0.328 e. The van der Waals surface area contributed by atoms with Gasteiger partial charge in [-0.1, -0.05) is 44.2 Å². The van der Waals surface area contributed by atoms with Crippen LogP contribution in [0.5, 0.6) is 0 Å². The molecule has 0 heterocycles. The molecule has 1 unspecified atom stereocenters. The van der Waals surface area contributed by atoms with Crippen LogP contribution in [0.4, 0.5) is 0 Å². The van der Waals surface area contributed by atoms with Gasteiger partial charge in [0.25, 0.3) is 0 Å². The van der Waals surface area contributed by atoms with Gasteiger partial charge in [0.2, 0.25) is 0 Å². The lowest BCUT2D eigenvalue weighted by Gasteiger charge is -2.31. The van der Waals surface area contributed by atoms with Crippen molar-refractivity contribution in [3.63, 3.8) is 0 Å². The molecule has 1 atom stereocenters. The van der Waals surface area contributed by atoms with E-state index in [0.29, 0.717) is 24.1 Å².